The summed E-state index contributed by atoms with van der Waals surface area (Å²) in [4.78, 5) is 0. The SMILES string of the molecule is CC1(C)CCC(CC2(O)CCCNC2)CC1. The first kappa shape index (κ1) is 12.4. The van der Waals surface area contributed by atoms with Crippen molar-refractivity contribution in [3.8, 4) is 0 Å². The second kappa shape index (κ2) is 4.66. The first-order chi connectivity index (χ1) is 7.49. The molecule has 0 bridgehead atoms. The van der Waals surface area contributed by atoms with Gasteiger partial charge in [-0.1, -0.05) is 13.8 Å². The molecule has 1 unspecified atom stereocenters. The van der Waals surface area contributed by atoms with Gasteiger partial charge in [0.1, 0.15) is 0 Å². The Morgan fingerprint density at radius 2 is 1.88 bits per heavy atom. The van der Waals surface area contributed by atoms with Gasteiger partial charge in [0.25, 0.3) is 0 Å². The van der Waals surface area contributed by atoms with Crippen LogP contribution in [0.4, 0.5) is 0 Å². The van der Waals surface area contributed by atoms with Gasteiger partial charge in [-0.05, 0) is 62.8 Å². The second-order valence-electron chi connectivity index (χ2n) is 6.82. The molecule has 2 rings (SSSR count). The Bertz CT molecular complexity index is 221. The molecule has 94 valence electrons. The van der Waals surface area contributed by atoms with Crippen LogP contribution >= 0.6 is 0 Å². The Morgan fingerprint density at radius 3 is 2.44 bits per heavy atom. The Balaban J connectivity index is 1.81. The highest BCUT2D eigenvalue weighted by molar-refractivity contribution is 4.89. The summed E-state index contributed by atoms with van der Waals surface area (Å²) in [6.07, 6.45) is 8.46. The van der Waals surface area contributed by atoms with Gasteiger partial charge in [0.2, 0.25) is 0 Å². The Kier molecular flexibility index (Phi) is 3.60. The molecule has 1 saturated carbocycles. The van der Waals surface area contributed by atoms with Crippen molar-refractivity contribution in [1.82, 2.24) is 5.32 Å². The van der Waals surface area contributed by atoms with Crippen molar-refractivity contribution < 1.29 is 5.11 Å². The molecule has 2 fully saturated rings. The molecular formula is C14H27NO. The normalized spacial score (nSPS) is 36.2. The number of nitrogens with one attached hydrogen (secondary N) is 1. The quantitative estimate of drug-likeness (QED) is 0.757. The first-order valence-electron chi connectivity index (χ1n) is 6.92. The van der Waals surface area contributed by atoms with Crippen LogP contribution in [0, 0.1) is 11.3 Å². The molecule has 1 saturated heterocycles. The van der Waals surface area contributed by atoms with E-state index in [-0.39, 0.29) is 0 Å². The van der Waals surface area contributed by atoms with Crippen LogP contribution in [0.3, 0.4) is 0 Å². The maximum absolute atomic E-state index is 10.5. The zero-order chi connectivity index (χ0) is 11.6. The van der Waals surface area contributed by atoms with Gasteiger partial charge in [-0.2, -0.15) is 0 Å². The molecule has 0 aromatic carbocycles. The van der Waals surface area contributed by atoms with Crippen molar-refractivity contribution >= 4 is 0 Å². The summed E-state index contributed by atoms with van der Waals surface area (Å²) in [7, 11) is 0. The van der Waals surface area contributed by atoms with Crippen LogP contribution in [0.5, 0.6) is 0 Å². The number of hydrogen-bond donors (Lipinski definition) is 2. The van der Waals surface area contributed by atoms with Crippen molar-refractivity contribution in [3.63, 3.8) is 0 Å². The lowest BCUT2D eigenvalue weighted by Gasteiger charge is -2.40. The van der Waals surface area contributed by atoms with Gasteiger partial charge in [0.05, 0.1) is 5.60 Å². The smallest absolute Gasteiger partial charge is 0.0774 e. The van der Waals surface area contributed by atoms with Crippen LogP contribution in [-0.4, -0.2) is 23.8 Å². The van der Waals surface area contributed by atoms with Crippen molar-refractivity contribution in [2.45, 2.75) is 64.4 Å². The standard InChI is InChI=1S/C14H27NO/c1-13(2)7-4-12(5-8-13)10-14(16)6-3-9-15-11-14/h12,15-16H,3-11H2,1-2H3. The van der Waals surface area contributed by atoms with Crippen LogP contribution in [-0.2, 0) is 0 Å². The topological polar surface area (TPSA) is 32.3 Å². The summed E-state index contributed by atoms with van der Waals surface area (Å²) in [6.45, 7) is 6.65. The molecule has 1 aliphatic heterocycles. The molecule has 2 heteroatoms. The number of rotatable bonds is 2. The molecule has 0 spiro atoms. The van der Waals surface area contributed by atoms with Gasteiger partial charge in [-0.3, -0.25) is 0 Å². The molecule has 1 aliphatic carbocycles. The van der Waals surface area contributed by atoms with Gasteiger partial charge in [0.15, 0.2) is 0 Å². The Labute approximate surface area is 99.8 Å². The Hall–Kier alpha value is -0.0800. The van der Waals surface area contributed by atoms with Gasteiger partial charge in [0, 0.05) is 6.54 Å². The van der Waals surface area contributed by atoms with Crippen molar-refractivity contribution in [1.29, 1.82) is 0 Å². The zero-order valence-corrected chi connectivity index (χ0v) is 10.9. The summed E-state index contributed by atoms with van der Waals surface area (Å²) in [5, 5.41) is 13.8. The van der Waals surface area contributed by atoms with Crippen LogP contribution in [0.15, 0.2) is 0 Å². The number of β-amino-alcohol motifs (C(OH)–C–C–N with tert-alkyl or cyclic N) is 1. The summed E-state index contributed by atoms with van der Waals surface area (Å²) < 4.78 is 0. The molecular weight excluding hydrogens is 198 g/mol. The van der Waals surface area contributed by atoms with Gasteiger partial charge >= 0.3 is 0 Å². The van der Waals surface area contributed by atoms with Crippen LogP contribution in [0.1, 0.15) is 58.8 Å². The maximum atomic E-state index is 10.5. The molecule has 2 nitrogen and oxygen atoms in total. The average Bonchev–Trinajstić information content (AvgIpc) is 2.22. The highest BCUT2D eigenvalue weighted by atomic mass is 16.3. The molecule has 0 aromatic heterocycles. The fourth-order valence-corrected chi connectivity index (χ4v) is 3.33. The van der Waals surface area contributed by atoms with Crippen molar-refractivity contribution in [2.75, 3.05) is 13.1 Å². The fourth-order valence-electron chi connectivity index (χ4n) is 3.33. The largest absolute Gasteiger partial charge is 0.389 e. The van der Waals surface area contributed by atoms with E-state index in [0.29, 0.717) is 5.41 Å². The van der Waals surface area contributed by atoms with Crippen LogP contribution < -0.4 is 5.32 Å². The molecule has 1 atom stereocenters. The lowest BCUT2D eigenvalue weighted by molar-refractivity contribution is -0.0151. The lowest BCUT2D eigenvalue weighted by atomic mass is 9.70. The van der Waals surface area contributed by atoms with E-state index in [2.05, 4.69) is 19.2 Å². The third-order valence-electron chi connectivity index (χ3n) is 4.58. The molecule has 0 amide bonds. The van der Waals surface area contributed by atoms with E-state index < -0.39 is 5.60 Å². The van der Waals surface area contributed by atoms with E-state index >= 15 is 0 Å². The van der Waals surface area contributed by atoms with E-state index in [0.717, 1.165) is 38.3 Å². The molecule has 2 N–H and O–H groups in total. The summed E-state index contributed by atoms with van der Waals surface area (Å²) >= 11 is 0. The van der Waals surface area contributed by atoms with Gasteiger partial charge in [-0.25, -0.2) is 0 Å². The Morgan fingerprint density at radius 1 is 1.19 bits per heavy atom. The van der Waals surface area contributed by atoms with Crippen molar-refractivity contribution in [3.05, 3.63) is 0 Å². The molecule has 1 heterocycles. The highest BCUT2D eigenvalue weighted by Crippen LogP contribution is 2.41. The average molecular weight is 225 g/mol. The zero-order valence-electron chi connectivity index (χ0n) is 10.9. The van der Waals surface area contributed by atoms with E-state index in [4.69, 9.17) is 0 Å². The minimum atomic E-state index is -0.398. The molecule has 16 heavy (non-hydrogen) atoms. The highest BCUT2D eigenvalue weighted by Gasteiger charge is 2.35. The lowest BCUT2D eigenvalue weighted by Crippen LogP contribution is -2.47. The van der Waals surface area contributed by atoms with Crippen molar-refractivity contribution in [2.24, 2.45) is 11.3 Å². The maximum Gasteiger partial charge on any atom is 0.0774 e. The predicted octanol–water partition coefficient (Wildman–Crippen LogP) is 2.71. The van der Waals surface area contributed by atoms with Crippen LogP contribution in [0.25, 0.3) is 0 Å². The monoisotopic (exact) mass is 225 g/mol. The van der Waals surface area contributed by atoms with E-state index in [1.807, 2.05) is 0 Å². The third kappa shape index (κ3) is 3.21. The number of piperidine rings is 1. The minimum Gasteiger partial charge on any atom is -0.389 e. The number of hydrogen-bond acceptors (Lipinski definition) is 2. The fraction of sp³-hybridized carbons (Fsp3) is 1.00. The van der Waals surface area contributed by atoms with Gasteiger partial charge < -0.3 is 10.4 Å². The predicted molar refractivity (Wildman–Crippen MR) is 67.4 cm³/mol. The summed E-state index contributed by atoms with van der Waals surface area (Å²) in [5.41, 5.74) is 0.147. The van der Waals surface area contributed by atoms with E-state index in [9.17, 15) is 5.11 Å². The van der Waals surface area contributed by atoms with Crippen LogP contribution in [0.2, 0.25) is 0 Å². The summed E-state index contributed by atoms with van der Waals surface area (Å²) in [6, 6.07) is 0. The first-order valence-corrected chi connectivity index (χ1v) is 6.92. The molecule has 0 aromatic rings. The third-order valence-corrected chi connectivity index (χ3v) is 4.58. The molecule has 2 aliphatic rings. The second-order valence-corrected chi connectivity index (χ2v) is 6.82. The van der Waals surface area contributed by atoms with E-state index in [1.54, 1.807) is 0 Å². The van der Waals surface area contributed by atoms with E-state index in [1.165, 1.54) is 25.7 Å². The minimum absolute atomic E-state index is 0.398. The summed E-state index contributed by atoms with van der Waals surface area (Å²) in [5.74, 6) is 0.762. The van der Waals surface area contributed by atoms with Gasteiger partial charge in [-0.15, -0.1) is 0 Å². The number of aliphatic hydroxyl groups is 1. The molecule has 0 radical (unpaired) electrons.